The van der Waals surface area contributed by atoms with Gasteiger partial charge in [-0.05, 0) is 25.3 Å². The molecule has 1 amide bonds. The van der Waals surface area contributed by atoms with Crippen LogP contribution >= 0.6 is 23.2 Å². The largest absolute Gasteiger partial charge is 0.345 e. The summed E-state index contributed by atoms with van der Waals surface area (Å²) in [4.78, 5) is 15.8. The summed E-state index contributed by atoms with van der Waals surface area (Å²) >= 11 is 11.8. The quantitative estimate of drug-likeness (QED) is 0.848. The topological polar surface area (TPSA) is 42.0 Å². The highest BCUT2D eigenvalue weighted by Gasteiger charge is 2.37. The lowest BCUT2D eigenvalue weighted by atomic mass is 9.78. The van der Waals surface area contributed by atoms with Crippen molar-refractivity contribution in [3.05, 3.63) is 29.0 Å². The van der Waals surface area contributed by atoms with E-state index in [0.29, 0.717) is 16.5 Å². The summed E-state index contributed by atoms with van der Waals surface area (Å²) in [5.74, 6) is 0.272. The van der Waals surface area contributed by atoms with Crippen LogP contribution in [0.4, 0.5) is 0 Å². The zero-order valence-electron chi connectivity index (χ0n) is 8.67. The second-order valence-electron chi connectivity index (χ2n) is 4.08. The van der Waals surface area contributed by atoms with Crippen molar-refractivity contribution in [2.24, 2.45) is 0 Å². The standard InChI is InChI=1S/C11H12Cl2N2O/c12-7-11(3-1-4-11)15-10(16)8-2-5-14-6-9(8)13/h2,5-6H,1,3-4,7H2,(H,15,16). The highest BCUT2D eigenvalue weighted by Crippen LogP contribution is 2.33. The van der Waals surface area contributed by atoms with E-state index >= 15 is 0 Å². The van der Waals surface area contributed by atoms with Gasteiger partial charge in [0.15, 0.2) is 0 Å². The third kappa shape index (κ3) is 2.15. The number of nitrogens with one attached hydrogen (secondary N) is 1. The maximum Gasteiger partial charge on any atom is 0.253 e. The van der Waals surface area contributed by atoms with E-state index in [1.54, 1.807) is 12.3 Å². The normalized spacial score (nSPS) is 17.6. The molecule has 1 saturated carbocycles. The fourth-order valence-electron chi connectivity index (χ4n) is 1.76. The Bertz CT molecular complexity index is 399. The lowest BCUT2D eigenvalue weighted by Gasteiger charge is -2.41. The Hall–Kier alpha value is -0.800. The van der Waals surface area contributed by atoms with E-state index in [0.717, 1.165) is 19.3 Å². The van der Waals surface area contributed by atoms with Crippen molar-refractivity contribution >= 4 is 29.1 Å². The third-order valence-corrected chi connectivity index (χ3v) is 3.78. The second-order valence-corrected chi connectivity index (χ2v) is 4.75. The lowest BCUT2D eigenvalue weighted by molar-refractivity contribution is 0.0854. The fraction of sp³-hybridized carbons (Fsp3) is 0.455. The minimum Gasteiger partial charge on any atom is -0.345 e. The molecule has 1 N–H and O–H groups in total. The van der Waals surface area contributed by atoms with E-state index < -0.39 is 0 Å². The Labute approximate surface area is 104 Å². The summed E-state index contributed by atoms with van der Waals surface area (Å²) in [6.45, 7) is 0. The van der Waals surface area contributed by atoms with Crippen LogP contribution in [0.3, 0.4) is 0 Å². The van der Waals surface area contributed by atoms with Crippen molar-refractivity contribution in [3.63, 3.8) is 0 Å². The number of hydrogen-bond donors (Lipinski definition) is 1. The van der Waals surface area contributed by atoms with Crippen molar-refractivity contribution in [2.75, 3.05) is 5.88 Å². The van der Waals surface area contributed by atoms with E-state index in [2.05, 4.69) is 10.3 Å². The van der Waals surface area contributed by atoms with Gasteiger partial charge in [-0.25, -0.2) is 0 Å². The van der Waals surface area contributed by atoms with Crippen molar-refractivity contribution in [2.45, 2.75) is 24.8 Å². The van der Waals surface area contributed by atoms with Gasteiger partial charge in [-0.3, -0.25) is 9.78 Å². The van der Waals surface area contributed by atoms with Crippen LogP contribution in [0.2, 0.25) is 5.02 Å². The molecule has 1 aliphatic carbocycles. The summed E-state index contributed by atoms with van der Waals surface area (Å²) in [6, 6.07) is 1.61. The molecular formula is C11H12Cl2N2O. The highest BCUT2D eigenvalue weighted by molar-refractivity contribution is 6.33. The molecule has 86 valence electrons. The number of carbonyl (C=O) groups is 1. The Morgan fingerprint density at radius 1 is 1.56 bits per heavy atom. The van der Waals surface area contributed by atoms with Gasteiger partial charge in [0, 0.05) is 18.3 Å². The van der Waals surface area contributed by atoms with Gasteiger partial charge < -0.3 is 5.32 Å². The molecule has 16 heavy (non-hydrogen) atoms. The smallest absolute Gasteiger partial charge is 0.253 e. The van der Waals surface area contributed by atoms with Crippen LogP contribution in [0.25, 0.3) is 0 Å². The van der Waals surface area contributed by atoms with Crippen LogP contribution in [-0.4, -0.2) is 22.3 Å². The summed E-state index contributed by atoms with van der Waals surface area (Å²) in [5.41, 5.74) is 0.221. The first-order valence-electron chi connectivity index (χ1n) is 5.15. The second kappa shape index (κ2) is 4.60. The summed E-state index contributed by atoms with van der Waals surface area (Å²) in [5, 5.41) is 3.32. The summed E-state index contributed by atoms with van der Waals surface area (Å²) < 4.78 is 0. The molecule has 1 heterocycles. The number of rotatable bonds is 3. The van der Waals surface area contributed by atoms with Crippen molar-refractivity contribution in [1.29, 1.82) is 0 Å². The zero-order chi connectivity index (χ0) is 11.6. The molecule has 1 aliphatic rings. The zero-order valence-corrected chi connectivity index (χ0v) is 10.2. The molecule has 1 aromatic heterocycles. The minimum atomic E-state index is -0.231. The van der Waals surface area contributed by atoms with E-state index in [1.807, 2.05) is 0 Å². The van der Waals surface area contributed by atoms with Gasteiger partial charge in [0.05, 0.1) is 16.1 Å². The van der Waals surface area contributed by atoms with Crippen LogP contribution in [0, 0.1) is 0 Å². The first-order valence-corrected chi connectivity index (χ1v) is 6.06. The molecule has 3 nitrogen and oxygen atoms in total. The van der Waals surface area contributed by atoms with Gasteiger partial charge in [-0.1, -0.05) is 11.6 Å². The van der Waals surface area contributed by atoms with Gasteiger partial charge >= 0.3 is 0 Å². The number of aromatic nitrogens is 1. The Morgan fingerprint density at radius 2 is 2.31 bits per heavy atom. The lowest BCUT2D eigenvalue weighted by Crippen LogP contribution is -2.55. The third-order valence-electron chi connectivity index (χ3n) is 2.96. The van der Waals surface area contributed by atoms with Gasteiger partial charge in [-0.2, -0.15) is 0 Å². The minimum absolute atomic E-state index is 0.173. The first kappa shape index (κ1) is 11.7. The van der Waals surface area contributed by atoms with Gasteiger partial charge in [0.2, 0.25) is 0 Å². The van der Waals surface area contributed by atoms with Crippen LogP contribution in [0.1, 0.15) is 29.6 Å². The van der Waals surface area contributed by atoms with Crippen LogP contribution in [0.5, 0.6) is 0 Å². The van der Waals surface area contributed by atoms with E-state index in [9.17, 15) is 4.79 Å². The van der Waals surface area contributed by atoms with Crippen molar-refractivity contribution in [1.82, 2.24) is 10.3 Å². The number of nitrogens with zero attached hydrogens (tertiary/aromatic N) is 1. The molecule has 2 rings (SSSR count). The number of alkyl halides is 1. The number of halogens is 2. The van der Waals surface area contributed by atoms with E-state index in [1.165, 1.54) is 6.20 Å². The van der Waals surface area contributed by atoms with Gasteiger partial charge in [0.1, 0.15) is 0 Å². The Kier molecular flexibility index (Phi) is 3.36. The Balaban J connectivity index is 2.11. The monoisotopic (exact) mass is 258 g/mol. The molecule has 0 radical (unpaired) electrons. The molecule has 1 aromatic rings. The molecule has 0 aromatic carbocycles. The molecule has 1 fully saturated rings. The van der Waals surface area contributed by atoms with Crippen LogP contribution < -0.4 is 5.32 Å². The number of amides is 1. The Morgan fingerprint density at radius 3 is 2.81 bits per heavy atom. The van der Waals surface area contributed by atoms with Crippen LogP contribution in [-0.2, 0) is 0 Å². The van der Waals surface area contributed by atoms with Crippen molar-refractivity contribution < 1.29 is 4.79 Å². The number of hydrogen-bond acceptors (Lipinski definition) is 2. The van der Waals surface area contributed by atoms with Gasteiger partial charge in [0.25, 0.3) is 5.91 Å². The molecule has 0 saturated heterocycles. The van der Waals surface area contributed by atoms with Crippen LogP contribution in [0.15, 0.2) is 18.5 Å². The maximum atomic E-state index is 12.0. The predicted molar refractivity (Wildman–Crippen MR) is 64.0 cm³/mol. The average Bonchev–Trinajstić information content (AvgIpc) is 2.24. The van der Waals surface area contributed by atoms with E-state index in [-0.39, 0.29) is 11.4 Å². The SMILES string of the molecule is O=C(NC1(CCl)CCC1)c1ccncc1Cl. The highest BCUT2D eigenvalue weighted by atomic mass is 35.5. The number of pyridine rings is 1. The molecular weight excluding hydrogens is 247 g/mol. The van der Waals surface area contributed by atoms with Crippen molar-refractivity contribution in [3.8, 4) is 0 Å². The average molecular weight is 259 g/mol. The van der Waals surface area contributed by atoms with Gasteiger partial charge in [-0.15, -0.1) is 11.6 Å². The van der Waals surface area contributed by atoms with E-state index in [4.69, 9.17) is 23.2 Å². The number of carbonyl (C=O) groups excluding carboxylic acids is 1. The fourth-order valence-corrected chi connectivity index (χ4v) is 2.30. The molecule has 0 spiro atoms. The summed E-state index contributed by atoms with van der Waals surface area (Å²) in [7, 11) is 0. The molecule has 5 heteroatoms. The summed E-state index contributed by atoms with van der Waals surface area (Å²) in [6.07, 6.45) is 5.99. The molecule has 0 unspecified atom stereocenters. The predicted octanol–water partition coefficient (Wildman–Crippen LogP) is 2.63. The molecule has 0 atom stereocenters. The molecule has 0 bridgehead atoms. The maximum absolute atomic E-state index is 12.0. The molecule has 0 aliphatic heterocycles. The first-order chi connectivity index (χ1) is 7.67.